The number of carbonyl (C=O) groups is 1. The molecule has 1 aliphatic heterocycles. The first-order valence-electron chi connectivity index (χ1n) is 11.5. The summed E-state index contributed by atoms with van der Waals surface area (Å²) >= 11 is 0. The van der Waals surface area contributed by atoms with Crippen LogP contribution in [0.4, 0.5) is 13.2 Å². The summed E-state index contributed by atoms with van der Waals surface area (Å²) in [5.41, 5.74) is -2.85. The minimum absolute atomic E-state index is 0.0188. The van der Waals surface area contributed by atoms with Crippen molar-refractivity contribution in [1.29, 1.82) is 0 Å². The van der Waals surface area contributed by atoms with E-state index >= 15 is 0 Å². The van der Waals surface area contributed by atoms with E-state index in [1.54, 1.807) is 30.9 Å². The second-order valence-electron chi connectivity index (χ2n) is 9.62. The lowest BCUT2D eigenvalue weighted by Crippen LogP contribution is -2.35. The summed E-state index contributed by atoms with van der Waals surface area (Å²) in [6, 6.07) is 7.20. The second kappa shape index (κ2) is 9.20. The molecule has 1 aliphatic rings. The van der Waals surface area contributed by atoms with E-state index in [0.29, 0.717) is 25.1 Å². The van der Waals surface area contributed by atoms with Crippen molar-refractivity contribution in [3.63, 3.8) is 0 Å². The van der Waals surface area contributed by atoms with E-state index in [9.17, 15) is 27.9 Å². The molecule has 1 aromatic carbocycles. The topological polar surface area (TPSA) is 108 Å². The molecule has 4 rings (SSSR count). The van der Waals surface area contributed by atoms with Crippen LogP contribution in [0.1, 0.15) is 60.7 Å². The Balaban J connectivity index is 1.56. The number of hydrogen-bond acceptors (Lipinski definition) is 6. The van der Waals surface area contributed by atoms with Crippen molar-refractivity contribution < 1.29 is 27.8 Å². The number of nitrogens with zero attached hydrogens (tertiary/aromatic N) is 3. The van der Waals surface area contributed by atoms with Gasteiger partial charge >= 0.3 is 6.18 Å². The average molecular weight is 505 g/mol. The van der Waals surface area contributed by atoms with E-state index in [2.05, 4.69) is 15.0 Å². The highest BCUT2D eigenvalue weighted by Gasteiger charge is 2.38. The normalized spacial score (nSPS) is 17.4. The summed E-state index contributed by atoms with van der Waals surface area (Å²) < 4.78 is 47.1. The number of pyridine rings is 1. The zero-order valence-electron chi connectivity index (χ0n) is 20.3. The number of amides is 1. The SMILES string of the molecule is Cc1nc2nc(C(F)(F)F)c([C@H](C)Oc3ccc(C(=O)N4CC[C@@H](C(C)(C)O)C4)cc3)cc2c(=O)[nH]1. The largest absolute Gasteiger partial charge is 0.486 e. The first-order chi connectivity index (χ1) is 16.7. The van der Waals surface area contributed by atoms with Crippen LogP contribution in [0.15, 0.2) is 35.1 Å². The summed E-state index contributed by atoms with van der Waals surface area (Å²) in [5, 5.41) is 10.1. The lowest BCUT2D eigenvalue weighted by atomic mass is 9.90. The smallest absolute Gasteiger partial charge is 0.433 e. The predicted octanol–water partition coefficient (Wildman–Crippen LogP) is 4.02. The molecule has 36 heavy (non-hydrogen) atoms. The van der Waals surface area contributed by atoms with Crippen LogP contribution in [-0.2, 0) is 6.18 Å². The Bertz CT molecular complexity index is 1350. The molecule has 0 spiro atoms. The van der Waals surface area contributed by atoms with Crippen LogP contribution >= 0.6 is 0 Å². The maximum absolute atomic E-state index is 13.8. The number of fused-ring (bicyclic) bond motifs is 1. The number of ether oxygens (including phenoxy) is 1. The number of carbonyl (C=O) groups excluding carboxylic acids is 1. The Hall–Kier alpha value is -3.47. The third-order valence-corrected chi connectivity index (χ3v) is 6.44. The molecule has 0 unspecified atom stereocenters. The summed E-state index contributed by atoms with van der Waals surface area (Å²) in [7, 11) is 0. The second-order valence-corrected chi connectivity index (χ2v) is 9.62. The fourth-order valence-corrected chi connectivity index (χ4v) is 4.37. The maximum atomic E-state index is 13.8. The summed E-state index contributed by atoms with van der Waals surface area (Å²) in [5.74, 6) is 0.194. The van der Waals surface area contributed by atoms with Crippen molar-refractivity contribution in [2.75, 3.05) is 13.1 Å². The van der Waals surface area contributed by atoms with E-state index in [4.69, 9.17) is 4.74 Å². The maximum Gasteiger partial charge on any atom is 0.433 e. The van der Waals surface area contributed by atoms with Gasteiger partial charge in [-0.1, -0.05) is 0 Å². The minimum atomic E-state index is -4.79. The minimum Gasteiger partial charge on any atom is -0.486 e. The summed E-state index contributed by atoms with van der Waals surface area (Å²) in [4.78, 5) is 36.8. The first-order valence-corrected chi connectivity index (χ1v) is 11.5. The molecule has 3 aromatic rings. The number of hydrogen-bond donors (Lipinski definition) is 2. The number of aromatic nitrogens is 3. The molecule has 1 fully saturated rings. The van der Waals surface area contributed by atoms with Gasteiger partial charge in [0.25, 0.3) is 11.5 Å². The Morgan fingerprint density at radius 3 is 2.47 bits per heavy atom. The van der Waals surface area contributed by atoms with Crippen LogP contribution in [0, 0.1) is 12.8 Å². The molecular weight excluding hydrogens is 477 g/mol. The van der Waals surface area contributed by atoms with Gasteiger partial charge in [-0.25, -0.2) is 9.97 Å². The molecule has 2 N–H and O–H groups in total. The monoisotopic (exact) mass is 504 g/mol. The number of rotatable bonds is 5. The molecule has 0 saturated carbocycles. The number of H-pyrrole nitrogens is 1. The Kier molecular flexibility index (Phi) is 6.54. The van der Waals surface area contributed by atoms with E-state index in [0.717, 1.165) is 6.07 Å². The van der Waals surface area contributed by atoms with Gasteiger partial charge in [0.05, 0.1) is 11.0 Å². The van der Waals surface area contributed by atoms with Crippen LogP contribution in [0.5, 0.6) is 5.75 Å². The van der Waals surface area contributed by atoms with Crippen LogP contribution in [0.3, 0.4) is 0 Å². The molecule has 1 amide bonds. The van der Waals surface area contributed by atoms with Gasteiger partial charge in [-0.3, -0.25) is 9.59 Å². The fourth-order valence-electron chi connectivity index (χ4n) is 4.37. The van der Waals surface area contributed by atoms with Gasteiger partial charge in [0.15, 0.2) is 11.3 Å². The highest BCUT2D eigenvalue weighted by Crippen LogP contribution is 2.36. The number of nitrogens with one attached hydrogen (secondary N) is 1. The number of aliphatic hydroxyl groups is 1. The molecule has 3 heterocycles. The molecule has 0 radical (unpaired) electrons. The number of halogens is 3. The van der Waals surface area contributed by atoms with Crippen LogP contribution in [0.2, 0.25) is 0 Å². The van der Waals surface area contributed by atoms with Gasteiger partial charge in [-0.15, -0.1) is 0 Å². The number of aromatic amines is 1. The van der Waals surface area contributed by atoms with Crippen molar-refractivity contribution >= 4 is 16.9 Å². The average Bonchev–Trinajstić information content (AvgIpc) is 3.28. The lowest BCUT2D eigenvalue weighted by molar-refractivity contribution is -0.142. The molecule has 192 valence electrons. The number of alkyl halides is 3. The molecule has 2 atom stereocenters. The van der Waals surface area contributed by atoms with Crippen LogP contribution in [-0.4, -0.2) is 49.6 Å². The first kappa shape index (κ1) is 25.6. The number of likely N-dealkylation sites (tertiary alicyclic amines) is 1. The van der Waals surface area contributed by atoms with Gasteiger partial charge in [0.2, 0.25) is 0 Å². The number of benzene rings is 1. The predicted molar refractivity (Wildman–Crippen MR) is 126 cm³/mol. The highest BCUT2D eigenvalue weighted by atomic mass is 19.4. The third kappa shape index (κ3) is 5.20. The molecule has 2 aromatic heterocycles. The van der Waals surface area contributed by atoms with Crippen molar-refractivity contribution in [3.05, 3.63) is 63.3 Å². The van der Waals surface area contributed by atoms with Gasteiger partial charge in [-0.2, -0.15) is 13.2 Å². The van der Waals surface area contributed by atoms with E-state index in [-0.39, 0.29) is 40.0 Å². The Morgan fingerprint density at radius 1 is 1.22 bits per heavy atom. The highest BCUT2D eigenvalue weighted by molar-refractivity contribution is 5.94. The molecule has 0 bridgehead atoms. The zero-order chi connectivity index (χ0) is 26.4. The lowest BCUT2D eigenvalue weighted by Gasteiger charge is -2.25. The Morgan fingerprint density at radius 2 is 1.89 bits per heavy atom. The summed E-state index contributed by atoms with van der Waals surface area (Å²) in [6.45, 7) is 7.31. The molecule has 1 saturated heterocycles. The van der Waals surface area contributed by atoms with Crippen molar-refractivity contribution in [2.45, 2.75) is 52.0 Å². The Labute approximate surface area is 205 Å². The quantitative estimate of drug-likeness (QED) is 0.544. The van der Waals surface area contributed by atoms with Crippen molar-refractivity contribution in [3.8, 4) is 5.75 Å². The van der Waals surface area contributed by atoms with E-state index < -0.39 is 29.1 Å². The molecular formula is C25H27F3N4O4. The zero-order valence-corrected chi connectivity index (χ0v) is 20.3. The van der Waals surface area contributed by atoms with Gasteiger partial charge in [-0.05, 0) is 64.4 Å². The van der Waals surface area contributed by atoms with Gasteiger partial charge in [0, 0.05) is 30.1 Å². The standard InChI is InChI=1S/C25H27F3N4O4/c1-13(18-11-19-21(29-14(2)30-22(19)33)31-20(18)25(26,27)28)36-17-7-5-15(6-8-17)23(34)32-10-9-16(12-32)24(3,4)35/h5-8,11,13,16,35H,9-10,12H2,1-4H3,(H,29,30,31,33)/t13-,16+/m0/s1. The number of aryl methyl sites for hydroxylation is 1. The van der Waals surface area contributed by atoms with Crippen LogP contribution in [0.25, 0.3) is 11.0 Å². The molecule has 11 heteroatoms. The van der Waals surface area contributed by atoms with E-state index in [1.165, 1.54) is 26.0 Å². The molecule has 0 aliphatic carbocycles. The van der Waals surface area contributed by atoms with Crippen molar-refractivity contribution in [1.82, 2.24) is 19.9 Å². The molecule has 8 nitrogen and oxygen atoms in total. The van der Waals surface area contributed by atoms with Crippen molar-refractivity contribution in [2.24, 2.45) is 5.92 Å². The van der Waals surface area contributed by atoms with Gasteiger partial charge in [0.1, 0.15) is 17.7 Å². The van der Waals surface area contributed by atoms with Crippen LogP contribution < -0.4 is 10.3 Å². The van der Waals surface area contributed by atoms with E-state index in [1.807, 2.05) is 0 Å². The third-order valence-electron chi connectivity index (χ3n) is 6.44. The summed E-state index contributed by atoms with van der Waals surface area (Å²) in [6.07, 6.45) is -5.19. The van der Waals surface area contributed by atoms with Gasteiger partial charge < -0.3 is 19.7 Å². The fraction of sp³-hybridized carbons (Fsp3) is 0.440.